The van der Waals surface area contributed by atoms with Gasteiger partial charge >= 0.3 is 0 Å². The summed E-state index contributed by atoms with van der Waals surface area (Å²) < 4.78 is 20.9. The third-order valence-electron chi connectivity index (χ3n) is 4.67. The summed E-state index contributed by atoms with van der Waals surface area (Å²) in [5.41, 5.74) is 1.79. The van der Waals surface area contributed by atoms with Crippen molar-refractivity contribution in [2.75, 3.05) is 16.6 Å². The summed E-state index contributed by atoms with van der Waals surface area (Å²) in [4.78, 5) is 26.7. The van der Waals surface area contributed by atoms with E-state index < -0.39 is 8.38 Å². The van der Waals surface area contributed by atoms with E-state index in [1.807, 2.05) is 0 Å². The van der Waals surface area contributed by atoms with Crippen molar-refractivity contribution in [1.29, 1.82) is 0 Å². The van der Waals surface area contributed by atoms with Gasteiger partial charge in [0.1, 0.15) is 11.6 Å². The lowest BCUT2D eigenvalue weighted by Gasteiger charge is -2.15. The topological polar surface area (TPSA) is 105 Å². The molecule has 3 aromatic rings. The smallest absolute Gasteiger partial charge is 0.226 e. The van der Waals surface area contributed by atoms with E-state index in [1.165, 1.54) is 23.9 Å². The first-order valence-corrected chi connectivity index (χ1v) is 12.2. The zero-order chi connectivity index (χ0) is 21.1. The number of aromatic nitrogens is 4. The Morgan fingerprint density at radius 1 is 1.27 bits per heavy atom. The number of fused-ring (bicyclic) bond motifs is 1. The standard InChI is InChI=1S/C18H20ClFN5O3PS/c19-18-23-16(21-7-11-1-3-12(20)4-2-11)14-8-22-25(17(14)24-18)15-6-5-13(28-15)9-30-10-29(26)27/h1-4,8,13,15,26-27H,5-7,9-10H2,(H,21,23,24). The Morgan fingerprint density at radius 2 is 2.07 bits per heavy atom. The summed E-state index contributed by atoms with van der Waals surface area (Å²) in [5, 5.41) is 8.47. The normalized spacial score (nSPS) is 19.1. The fourth-order valence-corrected chi connectivity index (χ4v) is 5.04. The van der Waals surface area contributed by atoms with Gasteiger partial charge in [-0.2, -0.15) is 15.1 Å². The van der Waals surface area contributed by atoms with Crippen molar-refractivity contribution in [3.63, 3.8) is 0 Å². The largest absolute Gasteiger partial charge is 0.365 e. The van der Waals surface area contributed by atoms with Gasteiger partial charge in [-0.25, -0.2) is 9.07 Å². The fourth-order valence-electron chi connectivity index (χ4n) is 3.29. The predicted molar refractivity (Wildman–Crippen MR) is 116 cm³/mol. The first kappa shape index (κ1) is 21.7. The monoisotopic (exact) mass is 471 g/mol. The lowest BCUT2D eigenvalue weighted by atomic mass is 10.2. The van der Waals surface area contributed by atoms with E-state index in [4.69, 9.17) is 26.1 Å². The van der Waals surface area contributed by atoms with Crippen LogP contribution in [0.15, 0.2) is 30.5 Å². The molecule has 0 saturated carbocycles. The fraction of sp³-hybridized carbons (Fsp3) is 0.389. The quantitative estimate of drug-likeness (QED) is 0.335. The van der Waals surface area contributed by atoms with E-state index in [2.05, 4.69) is 20.4 Å². The molecule has 0 radical (unpaired) electrons. The highest BCUT2D eigenvalue weighted by atomic mass is 35.5. The van der Waals surface area contributed by atoms with Crippen molar-refractivity contribution in [1.82, 2.24) is 19.7 Å². The highest BCUT2D eigenvalue weighted by molar-refractivity contribution is 8.03. The van der Waals surface area contributed by atoms with Gasteiger partial charge in [0.25, 0.3) is 0 Å². The second-order valence-corrected chi connectivity index (χ2v) is 9.67. The number of thioether (sulfide) groups is 1. The zero-order valence-corrected chi connectivity index (χ0v) is 18.2. The molecule has 0 bridgehead atoms. The second kappa shape index (κ2) is 9.72. The summed E-state index contributed by atoms with van der Waals surface area (Å²) in [7, 11) is -1.89. The first-order valence-electron chi connectivity index (χ1n) is 9.27. The number of halogens is 2. The number of nitrogens with zero attached hydrogens (tertiary/aromatic N) is 4. The van der Waals surface area contributed by atoms with Gasteiger partial charge in [0.15, 0.2) is 20.3 Å². The molecular formula is C18H20ClFN5O3PS. The zero-order valence-electron chi connectivity index (χ0n) is 15.8. The van der Waals surface area contributed by atoms with Crippen LogP contribution in [0, 0.1) is 5.82 Å². The van der Waals surface area contributed by atoms with Crippen molar-refractivity contribution in [3.05, 3.63) is 47.1 Å². The van der Waals surface area contributed by atoms with Crippen molar-refractivity contribution in [3.8, 4) is 0 Å². The van der Waals surface area contributed by atoms with Crippen molar-refractivity contribution in [2.24, 2.45) is 0 Å². The SMILES string of the molecule is OP(O)CSCC1CCC(n2ncc3c(NCc4ccc(F)cc4)nc(Cl)nc32)O1. The van der Waals surface area contributed by atoms with E-state index in [0.717, 1.165) is 18.4 Å². The Kier molecular flexibility index (Phi) is 7.02. The van der Waals surface area contributed by atoms with Crippen LogP contribution in [0.25, 0.3) is 11.0 Å². The van der Waals surface area contributed by atoms with Crippen LogP contribution in [-0.4, -0.2) is 46.9 Å². The second-order valence-electron chi connectivity index (χ2n) is 6.81. The maximum atomic E-state index is 13.1. The minimum Gasteiger partial charge on any atom is -0.365 e. The van der Waals surface area contributed by atoms with Gasteiger partial charge in [0, 0.05) is 12.3 Å². The molecule has 2 atom stereocenters. The van der Waals surface area contributed by atoms with Crippen LogP contribution < -0.4 is 5.32 Å². The number of hydrogen-bond acceptors (Lipinski definition) is 8. The molecule has 4 rings (SSSR count). The Morgan fingerprint density at radius 3 is 2.83 bits per heavy atom. The van der Waals surface area contributed by atoms with E-state index in [1.54, 1.807) is 23.0 Å². The molecule has 2 unspecified atom stereocenters. The molecule has 0 amide bonds. The maximum absolute atomic E-state index is 13.1. The van der Waals surface area contributed by atoms with Gasteiger partial charge in [-0.3, -0.25) is 0 Å². The van der Waals surface area contributed by atoms with E-state index in [9.17, 15) is 4.39 Å². The Hall–Kier alpha value is -1.55. The summed E-state index contributed by atoms with van der Waals surface area (Å²) in [6.45, 7) is 0.450. The van der Waals surface area contributed by atoms with Crippen molar-refractivity contribution >= 4 is 48.6 Å². The minimum atomic E-state index is -1.89. The third kappa shape index (κ3) is 5.19. The van der Waals surface area contributed by atoms with Gasteiger partial charge in [0.2, 0.25) is 5.28 Å². The van der Waals surface area contributed by atoms with Gasteiger partial charge in [-0.15, -0.1) is 11.8 Å². The van der Waals surface area contributed by atoms with E-state index >= 15 is 0 Å². The number of rotatable bonds is 8. The summed E-state index contributed by atoms with van der Waals surface area (Å²) in [6.07, 6.45) is 3.04. The average molecular weight is 472 g/mol. The molecular weight excluding hydrogens is 452 g/mol. The molecule has 160 valence electrons. The van der Waals surface area contributed by atoms with Crippen LogP contribution in [0.5, 0.6) is 0 Å². The number of benzene rings is 1. The van der Waals surface area contributed by atoms with Gasteiger partial charge in [0.05, 0.1) is 23.2 Å². The van der Waals surface area contributed by atoms with Gasteiger partial charge in [-0.1, -0.05) is 12.1 Å². The molecule has 8 nitrogen and oxygen atoms in total. The van der Waals surface area contributed by atoms with E-state index in [0.29, 0.717) is 34.6 Å². The lowest BCUT2D eigenvalue weighted by Crippen LogP contribution is -2.15. The molecule has 1 fully saturated rings. The lowest BCUT2D eigenvalue weighted by molar-refractivity contribution is 0.00786. The van der Waals surface area contributed by atoms with Crippen LogP contribution in [0.4, 0.5) is 10.2 Å². The molecule has 2 aromatic heterocycles. The molecule has 1 aliphatic heterocycles. The maximum Gasteiger partial charge on any atom is 0.226 e. The highest BCUT2D eigenvalue weighted by Crippen LogP contribution is 2.35. The number of ether oxygens (including phenoxy) is 1. The van der Waals surface area contributed by atoms with Gasteiger partial charge in [-0.05, 0) is 42.1 Å². The summed E-state index contributed by atoms with van der Waals surface area (Å²) in [5.74, 6) is 0.953. The number of anilines is 1. The Bertz CT molecular complexity index is 1010. The highest BCUT2D eigenvalue weighted by Gasteiger charge is 2.29. The average Bonchev–Trinajstić information content (AvgIpc) is 3.34. The molecule has 30 heavy (non-hydrogen) atoms. The van der Waals surface area contributed by atoms with Gasteiger partial charge < -0.3 is 19.8 Å². The number of hydrogen-bond donors (Lipinski definition) is 3. The molecule has 1 saturated heterocycles. The van der Waals surface area contributed by atoms with Crippen LogP contribution in [-0.2, 0) is 11.3 Å². The van der Waals surface area contributed by atoms with Crippen LogP contribution in [0.1, 0.15) is 24.6 Å². The Labute approximate surface area is 182 Å². The predicted octanol–water partition coefficient (Wildman–Crippen LogP) is 3.90. The van der Waals surface area contributed by atoms with Crippen LogP contribution >= 0.6 is 31.7 Å². The summed E-state index contributed by atoms with van der Waals surface area (Å²) >= 11 is 7.61. The summed E-state index contributed by atoms with van der Waals surface area (Å²) in [6, 6.07) is 6.22. The third-order valence-corrected chi connectivity index (χ3v) is 7.10. The molecule has 1 aromatic carbocycles. The molecule has 3 N–H and O–H groups in total. The Balaban J connectivity index is 1.47. The molecule has 12 heteroatoms. The van der Waals surface area contributed by atoms with Crippen molar-refractivity contribution in [2.45, 2.75) is 31.7 Å². The minimum absolute atomic E-state index is 0.0163. The van der Waals surface area contributed by atoms with Crippen LogP contribution in [0.3, 0.4) is 0 Å². The first-order chi connectivity index (χ1) is 14.5. The molecule has 1 aliphatic rings. The molecule has 3 heterocycles. The number of nitrogens with one attached hydrogen (secondary N) is 1. The molecule has 0 spiro atoms. The van der Waals surface area contributed by atoms with Crippen molar-refractivity contribution < 1.29 is 18.9 Å². The van der Waals surface area contributed by atoms with E-state index in [-0.39, 0.29) is 23.4 Å². The molecule has 0 aliphatic carbocycles. The van der Waals surface area contributed by atoms with Crippen LogP contribution in [0.2, 0.25) is 5.28 Å².